The number of methoxy groups -OCH3 is 1. The molecule has 1 N–H and O–H groups in total. The number of amides is 1. The zero-order valence-electron chi connectivity index (χ0n) is 18.8. The Morgan fingerprint density at radius 3 is 2.55 bits per heavy atom. The maximum atomic E-state index is 12.7. The average molecular weight is 485 g/mol. The van der Waals surface area contributed by atoms with Gasteiger partial charge in [-0.05, 0) is 43.0 Å². The predicted molar refractivity (Wildman–Crippen MR) is 137 cm³/mol. The summed E-state index contributed by atoms with van der Waals surface area (Å²) in [5.41, 5.74) is 1.59. The number of fused-ring (bicyclic) bond motifs is 1. The second-order valence-electron chi connectivity index (χ2n) is 8.23. The number of hydrogen-bond donors (Lipinski definition) is 1. The molecule has 1 amide bonds. The lowest BCUT2D eigenvalue weighted by atomic mass is 10.0. The van der Waals surface area contributed by atoms with E-state index in [2.05, 4.69) is 15.1 Å². The first-order chi connectivity index (χ1) is 16.1. The molecule has 0 unspecified atom stereocenters. The van der Waals surface area contributed by atoms with E-state index in [1.807, 2.05) is 54.6 Å². The number of halogens is 2. The summed E-state index contributed by atoms with van der Waals surface area (Å²) in [7, 11) is 1.61. The van der Waals surface area contributed by atoms with Crippen LogP contribution in [-0.4, -0.2) is 57.2 Å². The maximum absolute atomic E-state index is 12.7. The molecule has 1 fully saturated rings. The lowest BCUT2D eigenvalue weighted by molar-refractivity contribution is 0.0949. The van der Waals surface area contributed by atoms with Gasteiger partial charge >= 0.3 is 0 Å². The van der Waals surface area contributed by atoms with Crippen molar-refractivity contribution < 1.29 is 9.53 Å². The van der Waals surface area contributed by atoms with Crippen LogP contribution in [0.15, 0.2) is 54.6 Å². The molecule has 1 saturated heterocycles. The Bertz CT molecular complexity index is 1110. The molecule has 5 nitrogen and oxygen atoms in total. The lowest BCUT2D eigenvalue weighted by Crippen LogP contribution is -2.46. The number of hydrogen-bond acceptors (Lipinski definition) is 4. The normalized spacial score (nSPS) is 14.5. The number of rotatable bonds is 8. The van der Waals surface area contributed by atoms with E-state index in [9.17, 15) is 4.79 Å². The number of piperazine rings is 1. The molecule has 4 rings (SSSR count). The van der Waals surface area contributed by atoms with E-state index in [0.717, 1.165) is 62.0 Å². The summed E-state index contributed by atoms with van der Waals surface area (Å²) in [5, 5.41) is 6.28. The zero-order chi connectivity index (χ0) is 23.2. The Morgan fingerprint density at radius 2 is 1.76 bits per heavy atom. The van der Waals surface area contributed by atoms with Gasteiger partial charge < -0.3 is 15.0 Å². The van der Waals surface area contributed by atoms with Crippen molar-refractivity contribution in [3.05, 3.63) is 70.2 Å². The smallest absolute Gasteiger partial charge is 0.255 e. The van der Waals surface area contributed by atoms with Gasteiger partial charge in [-0.3, -0.25) is 9.69 Å². The van der Waals surface area contributed by atoms with Crippen LogP contribution in [0.1, 0.15) is 23.2 Å². The first-order valence-corrected chi connectivity index (χ1v) is 12.1. The summed E-state index contributed by atoms with van der Waals surface area (Å²) < 4.78 is 5.55. The number of anilines is 1. The van der Waals surface area contributed by atoms with Crippen molar-refractivity contribution in [1.29, 1.82) is 0 Å². The highest BCUT2D eigenvalue weighted by molar-refractivity contribution is 6.43. The third-order valence-corrected chi connectivity index (χ3v) is 6.97. The molecule has 1 aliphatic heterocycles. The summed E-state index contributed by atoms with van der Waals surface area (Å²) in [6.45, 7) is 5.50. The second kappa shape index (κ2) is 11.1. The average Bonchev–Trinajstić information content (AvgIpc) is 2.85. The molecule has 0 atom stereocenters. The van der Waals surface area contributed by atoms with Gasteiger partial charge in [-0.25, -0.2) is 0 Å². The van der Waals surface area contributed by atoms with Gasteiger partial charge in [0.25, 0.3) is 5.91 Å². The molecule has 0 aromatic heterocycles. The van der Waals surface area contributed by atoms with Gasteiger partial charge in [0.2, 0.25) is 0 Å². The molecule has 0 saturated carbocycles. The van der Waals surface area contributed by atoms with E-state index in [-0.39, 0.29) is 5.91 Å². The van der Waals surface area contributed by atoms with Crippen molar-refractivity contribution in [1.82, 2.24) is 10.2 Å². The Balaban J connectivity index is 1.20. The zero-order valence-corrected chi connectivity index (χ0v) is 20.3. The van der Waals surface area contributed by atoms with Crippen LogP contribution >= 0.6 is 23.2 Å². The summed E-state index contributed by atoms with van der Waals surface area (Å²) >= 11 is 12.5. The van der Waals surface area contributed by atoms with Crippen LogP contribution < -0.4 is 15.0 Å². The molecular formula is C26H29Cl2N3O2. The largest absolute Gasteiger partial charge is 0.495 e. The van der Waals surface area contributed by atoms with Crippen molar-refractivity contribution in [3.63, 3.8) is 0 Å². The molecule has 0 bridgehead atoms. The van der Waals surface area contributed by atoms with Crippen LogP contribution in [0, 0.1) is 0 Å². The monoisotopic (exact) mass is 484 g/mol. The first kappa shape index (κ1) is 23.7. The SMILES string of the molecule is [11CH3]Oc1c(C(=O)NCCCCN2CCN(c3cccc(Cl)c3Cl)CC2)ccc2ccccc12. The van der Waals surface area contributed by atoms with Crippen molar-refractivity contribution in [2.45, 2.75) is 12.8 Å². The Hall–Kier alpha value is -2.47. The molecule has 174 valence electrons. The van der Waals surface area contributed by atoms with Crippen LogP contribution in [0.4, 0.5) is 5.69 Å². The Morgan fingerprint density at radius 1 is 0.970 bits per heavy atom. The number of carbonyl (C=O) groups excluding carboxylic acids is 1. The molecule has 0 spiro atoms. The second-order valence-corrected chi connectivity index (χ2v) is 9.02. The summed E-state index contributed by atoms with van der Waals surface area (Å²) in [4.78, 5) is 17.5. The lowest BCUT2D eigenvalue weighted by Gasteiger charge is -2.36. The number of benzene rings is 3. The van der Waals surface area contributed by atoms with Gasteiger partial charge in [-0.1, -0.05) is 59.6 Å². The van der Waals surface area contributed by atoms with E-state index in [1.54, 1.807) is 7.11 Å². The minimum atomic E-state index is -0.0929. The standard InChI is InChI=1S/C26H29Cl2N3O2/c1-33-25-20-8-3-2-7-19(20)11-12-21(25)26(32)29-13-4-5-14-30-15-17-31(18-16-30)23-10-6-9-22(27)24(23)28/h2-3,6-12H,4-5,13-18H2,1H3,(H,29,32)/i1-1. The van der Waals surface area contributed by atoms with Crippen LogP contribution in [0.25, 0.3) is 10.8 Å². The van der Waals surface area contributed by atoms with Gasteiger partial charge in [-0.2, -0.15) is 0 Å². The van der Waals surface area contributed by atoms with Crippen LogP contribution in [-0.2, 0) is 0 Å². The quantitative estimate of drug-likeness (QED) is 0.429. The maximum Gasteiger partial charge on any atom is 0.255 e. The van der Waals surface area contributed by atoms with Crippen molar-refractivity contribution in [3.8, 4) is 5.75 Å². The fourth-order valence-corrected chi connectivity index (χ4v) is 4.76. The molecular weight excluding hydrogens is 456 g/mol. The molecule has 3 aromatic carbocycles. The van der Waals surface area contributed by atoms with E-state index in [0.29, 0.717) is 27.9 Å². The van der Waals surface area contributed by atoms with Crippen LogP contribution in [0.3, 0.4) is 0 Å². The molecule has 7 heteroatoms. The van der Waals surface area contributed by atoms with E-state index in [4.69, 9.17) is 27.9 Å². The van der Waals surface area contributed by atoms with Gasteiger partial charge in [0, 0.05) is 38.1 Å². The van der Waals surface area contributed by atoms with E-state index >= 15 is 0 Å². The predicted octanol–water partition coefficient (Wildman–Crippen LogP) is 5.49. The number of nitrogens with zero attached hydrogens (tertiary/aromatic N) is 2. The fourth-order valence-electron chi connectivity index (χ4n) is 4.35. The van der Waals surface area contributed by atoms with Crippen LogP contribution in [0.5, 0.6) is 5.75 Å². The molecule has 3 aromatic rings. The van der Waals surface area contributed by atoms with Crippen molar-refractivity contribution in [2.75, 3.05) is 51.3 Å². The van der Waals surface area contributed by atoms with Crippen molar-refractivity contribution in [2.24, 2.45) is 0 Å². The van der Waals surface area contributed by atoms with Gasteiger partial charge in [-0.15, -0.1) is 0 Å². The van der Waals surface area contributed by atoms with Gasteiger partial charge in [0.15, 0.2) is 0 Å². The number of carbonyl (C=O) groups is 1. The summed E-state index contributed by atoms with van der Waals surface area (Å²) in [6, 6.07) is 17.5. The topological polar surface area (TPSA) is 44.8 Å². The van der Waals surface area contributed by atoms with Crippen molar-refractivity contribution >= 4 is 45.6 Å². The van der Waals surface area contributed by atoms with Gasteiger partial charge in [0.1, 0.15) is 5.75 Å². The van der Waals surface area contributed by atoms with E-state index in [1.165, 1.54) is 0 Å². The third kappa shape index (κ3) is 5.55. The number of nitrogens with one attached hydrogen (secondary N) is 1. The summed E-state index contributed by atoms with van der Waals surface area (Å²) in [6.07, 6.45) is 1.97. The van der Waals surface area contributed by atoms with Gasteiger partial charge in [0.05, 0.1) is 28.4 Å². The Labute approximate surface area is 205 Å². The Kier molecular flexibility index (Phi) is 7.97. The highest BCUT2D eigenvalue weighted by Gasteiger charge is 2.19. The molecule has 0 aliphatic carbocycles. The number of unbranched alkanes of at least 4 members (excludes halogenated alkanes) is 1. The highest BCUT2D eigenvalue weighted by Crippen LogP contribution is 2.33. The minimum Gasteiger partial charge on any atom is -0.495 e. The minimum absolute atomic E-state index is 0.0929. The molecule has 1 heterocycles. The number of ether oxygens (including phenoxy) is 1. The molecule has 1 aliphatic rings. The van der Waals surface area contributed by atoms with E-state index < -0.39 is 0 Å². The fraction of sp³-hybridized carbons (Fsp3) is 0.346. The summed E-state index contributed by atoms with van der Waals surface area (Å²) in [5.74, 6) is 0.535. The third-order valence-electron chi connectivity index (χ3n) is 6.16. The highest BCUT2D eigenvalue weighted by atomic mass is 35.5. The molecule has 0 radical (unpaired) electrons. The van der Waals surface area contributed by atoms with Crippen LogP contribution in [0.2, 0.25) is 10.0 Å². The molecule has 33 heavy (non-hydrogen) atoms. The first-order valence-electron chi connectivity index (χ1n) is 11.3.